The van der Waals surface area contributed by atoms with Gasteiger partial charge in [0, 0.05) is 18.5 Å². The molecule has 3 rings (SSSR count). The highest BCUT2D eigenvalue weighted by molar-refractivity contribution is 5.85. The lowest BCUT2D eigenvalue weighted by Crippen LogP contribution is -2.43. The van der Waals surface area contributed by atoms with Crippen molar-refractivity contribution in [3.8, 4) is 5.75 Å². The molecule has 2 aliphatic heterocycles. The largest absolute Gasteiger partial charge is 0.487 e. The third-order valence-electron chi connectivity index (χ3n) is 4.12. The number of amides is 1. The van der Waals surface area contributed by atoms with Gasteiger partial charge in [0.1, 0.15) is 11.4 Å². The molecule has 1 aromatic rings. The van der Waals surface area contributed by atoms with E-state index in [-0.39, 0.29) is 35.9 Å². The molecule has 0 spiro atoms. The number of ether oxygens (including phenoxy) is 1. The molecule has 116 valence electrons. The van der Waals surface area contributed by atoms with Crippen molar-refractivity contribution in [2.75, 3.05) is 13.1 Å². The number of carbonyl (C=O) groups is 1. The summed E-state index contributed by atoms with van der Waals surface area (Å²) in [7, 11) is 0. The minimum absolute atomic E-state index is 0. The molecule has 2 aliphatic rings. The van der Waals surface area contributed by atoms with Gasteiger partial charge in [0.2, 0.25) is 5.91 Å². The van der Waals surface area contributed by atoms with E-state index in [4.69, 9.17) is 4.74 Å². The quantitative estimate of drug-likeness (QED) is 0.882. The van der Waals surface area contributed by atoms with E-state index >= 15 is 0 Å². The zero-order valence-corrected chi connectivity index (χ0v) is 13.3. The van der Waals surface area contributed by atoms with Crippen molar-refractivity contribution in [2.45, 2.75) is 38.3 Å². The van der Waals surface area contributed by atoms with Crippen LogP contribution >= 0.6 is 12.4 Å². The number of hydrogen-bond donors (Lipinski definition) is 2. The van der Waals surface area contributed by atoms with Crippen LogP contribution in [0, 0.1) is 5.92 Å². The summed E-state index contributed by atoms with van der Waals surface area (Å²) in [6, 6.07) is 8.04. The molecular formula is C16H23ClN2O2. The van der Waals surface area contributed by atoms with Gasteiger partial charge in [0.15, 0.2) is 0 Å². The Morgan fingerprint density at radius 2 is 2.14 bits per heavy atom. The molecule has 2 N–H and O–H groups in total. The van der Waals surface area contributed by atoms with Crippen LogP contribution in [-0.4, -0.2) is 24.6 Å². The molecule has 0 aliphatic carbocycles. The van der Waals surface area contributed by atoms with Crippen LogP contribution in [0.3, 0.4) is 0 Å². The number of rotatable bonds is 2. The van der Waals surface area contributed by atoms with Crippen molar-refractivity contribution >= 4 is 18.3 Å². The summed E-state index contributed by atoms with van der Waals surface area (Å²) in [6.07, 6.45) is 1.73. The minimum Gasteiger partial charge on any atom is -0.487 e. The summed E-state index contributed by atoms with van der Waals surface area (Å²) in [5.74, 6) is 1.15. The molecule has 2 atom stereocenters. The third-order valence-corrected chi connectivity index (χ3v) is 4.12. The zero-order chi connectivity index (χ0) is 14.2. The second kappa shape index (κ2) is 6.24. The van der Waals surface area contributed by atoms with E-state index in [2.05, 4.69) is 24.5 Å². The Morgan fingerprint density at radius 1 is 1.38 bits per heavy atom. The monoisotopic (exact) mass is 310 g/mol. The number of carbonyl (C=O) groups excluding carboxylic acids is 1. The molecule has 1 fully saturated rings. The first-order valence-corrected chi connectivity index (χ1v) is 7.34. The maximum Gasteiger partial charge on any atom is 0.224 e. The van der Waals surface area contributed by atoms with Crippen molar-refractivity contribution in [1.29, 1.82) is 0 Å². The fraction of sp³-hybridized carbons (Fsp3) is 0.562. The standard InChI is InChI=1S/C16H22N2O2.ClH/c1-16(2)9-13(12-5-3-4-6-14(12)20-16)18-15(19)11-7-8-17-10-11;/h3-6,11,13,17H,7-10H2,1-2H3,(H,18,19);1H. The summed E-state index contributed by atoms with van der Waals surface area (Å²) in [5, 5.41) is 6.45. The van der Waals surface area contributed by atoms with E-state index in [1.165, 1.54) is 0 Å². The van der Waals surface area contributed by atoms with Gasteiger partial charge in [-0.1, -0.05) is 18.2 Å². The Labute approximate surface area is 132 Å². The molecule has 2 unspecified atom stereocenters. The molecule has 0 bridgehead atoms. The molecule has 2 heterocycles. The number of hydrogen-bond acceptors (Lipinski definition) is 3. The summed E-state index contributed by atoms with van der Waals surface area (Å²) >= 11 is 0. The normalized spacial score (nSPS) is 26.2. The highest BCUT2D eigenvalue weighted by Crippen LogP contribution is 2.39. The van der Waals surface area contributed by atoms with E-state index in [0.29, 0.717) is 0 Å². The summed E-state index contributed by atoms with van der Waals surface area (Å²) < 4.78 is 5.99. The molecule has 1 saturated heterocycles. The summed E-state index contributed by atoms with van der Waals surface area (Å²) in [5.41, 5.74) is 0.839. The highest BCUT2D eigenvalue weighted by atomic mass is 35.5. The fourth-order valence-electron chi connectivity index (χ4n) is 3.10. The van der Waals surface area contributed by atoms with Crippen molar-refractivity contribution < 1.29 is 9.53 Å². The zero-order valence-electron chi connectivity index (χ0n) is 12.5. The third kappa shape index (κ3) is 3.50. The Hall–Kier alpha value is -1.26. The molecule has 0 aromatic heterocycles. The van der Waals surface area contributed by atoms with Crippen LogP contribution < -0.4 is 15.4 Å². The smallest absolute Gasteiger partial charge is 0.224 e. The van der Waals surface area contributed by atoms with E-state index in [9.17, 15) is 4.79 Å². The van der Waals surface area contributed by atoms with Crippen LogP contribution in [0.2, 0.25) is 0 Å². The van der Waals surface area contributed by atoms with Gasteiger partial charge < -0.3 is 15.4 Å². The van der Waals surface area contributed by atoms with Crippen LogP contribution in [-0.2, 0) is 4.79 Å². The van der Waals surface area contributed by atoms with Crippen molar-refractivity contribution in [1.82, 2.24) is 10.6 Å². The van der Waals surface area contributed by atoms with Crippen molar-refractivity contribution in [3.63, 3.8) is 0 Å². The number of fused-ring (bicyclic) bond motifs is 1. The van der Waals surface area contributed by atoms with Gasteiger partial charge in [-0.3, -0.25) is 4.79 Å². The maximum absolute atomic E-state index is 12.3. The van der Waals surface area contributed by atoms with Gasteiger partial charge >= 0.3 is 0 Å². The number of halogens is 1. The molecule has 0 radical (unpaired) electrons. The summed E-state index contributed by atoms with van der Waals surface area (Å²) in [4.78, 5) is 12.3. The van der Waals surface area contributed by atoms with Gasteiger partial charge in [0.25, 0.3) is 0 Å². The Balaban J connectivity index is 0.00000161. The lowest BCUT2D eigenvalue weighted by atomic mass is 9.89. The Kier molecular flexibility index (Phi) is 4.79. The van der Waals surface area contributed by atoms with E-state index in [1.807, 2.05) is 24.3 Å². The summed E-state index contributed by atoms with van der Waals surface area (Å²) in [6.45, 7) is 5.87. The maximum atomic E-state index is 12.3. The fourth-order valence-corrected chi connectivity index (χ4v) is 3.10. The molecule has 5 heteroatoms. The average molecular weight is 311 g/mol. The van der Waals surface area contributed by atoms with Crippen LogP contribution in [0.5, 0.6) is 5.75 Å². The van der Waals surface area contributed by atoms with Crippen molar-refractivity contribution in [2.24, 2.45) is 5.92 Å². The Morgan fingerprint density at radius 3 is 2.86 bits per heavy atom. The minimum atomic E-state index is -0.250. The molecule has 0 saturated carbocycles. The average Bonchev–Trinajstić information content (AvgIpc) is 2.91. The first kappa shape index (κ1) is 16.1. The molecule has 21 heavy (non-hydrogen) atoms. The lowest BCUT2D eigenvalue weighted by Gasteiger charge is -2.38. The van der Waals surface area contributed by atoms with E-state index in [0.717, 1.165) is 37.2 Å². The number of nitrogens with one attached hydrogen (secondary N) is 2. The van der Waals surface area contributed by atoms with Crippen molar-refractivity contribution in [3.05, 3.63) is 29.8 Å². The Bertz CT molecular complexity index is 513. The molecule has 1 aromatic carbocycles. The van der Waals surface area contributed by atoms with Gasteiger partial charge in [0.05, 0.1) is 12.0 Å². The van der Waals surface area contributed by atoms with E-state index in [1.54, 1.807) is 0 Å². The first-order valence-electron chi connectivity index (χ1n) is 7.34. The van der Waals surface area contributed by atoms with Gasteiger partial charge in [-0.15, -0.1) is 12.4 Å². The lowest BCUT2D eigenvalue weighted by molar-refractivity contribution is -0.125. The second-order valence-corrected chi connectivity index (χ2v) is 6.35. The number of para-hydroxylation sites is 1. The molecule has 1 amide bonds. The first-order chi connectivity index (χ1) is 9.55. The van der Waals surface area contributed by atoms with Crippen LogP contribution in [0.25, 0.3) is 0 Å². The van der Waals surface area contributed by atoms with Gasteiger partial charge in [-0.2, -0.15) is 0 Å². The highest BCUT2D eigenvalue weighted by Gasteiger charge is 2.35. The van der Waals surface area contributed by atoms with Crippen LogP contribution in [0.15, 0.2) is 24.3 Å². The van der Waals surface area contributed by atoms with Gasteiger partial charge in [-0.25, -0.2) is 0 Å². The number of benzene rings is 1. The molecule has 4 nitrogen and oxygen atoms in total. The topological polar surface area (TPSA) is 50.4 Å². The predicted octanol–water partition coefficient (Wildman–Crippen LogP) is 2.44. The molecular weight excluding hydrogens is 288 g/mol. The van der Waals surface area contributed by atoms with E-state index < -0.39 is 0 Å². The van der Waals surface area contributed by atoms with Crippen LogP contribution in [0.1, 0.15) is 38.3 Å². The SMILES string of the molecule is CC1(C)CC(NC(=O)C2CCNC2)c2ccccc2O1.Cl. The van der Waals surface area contributed by atoms with Gasteiger partial charge in [-0.05, 0) is 32.9 Å². The predicted molar refractivity (Wildman–Crippen MR) is 84.9 cm³/mol. The van der Waals surface area contributed by atoms with Crippen LogP contribution in [0.4, 0.5) is 0 Å². The second-order valence-electron chi connectivity index (χ2n) is 6.35.